The van der Waals surface area contributed by atoms with Crippen molar-refractivity contribution < 1.29 is 9.79 Å². The third-order valence-corrected chi connectivity index (χ3v) is 5.00. The number of rotatable bonds is 8. The van der Waals surface area contributed by atoms with Crippen molar-refractivity contribution in [3.63, 3.8) is 0 Å². The van der Waals surface area contributed by atoms with Gasteiger partial charge in [0, 0.05) is 42.8 Å². The summed E-state index contributed by atoms with van der Waals surface area (Å²) in [5, 5.41) is 3.21. The summed E-state index contributed by atoms with van der Waals surface area (Å²) in [6, 6.07) is 16.6. The van der Waals surface area contributed by atoms with Crippen molar-refractivity contribution in [1.29, 1.82) is 0 Å². The molecule has 5 nitrogen and oxygen atoms in total. The lowest BCUT2D eigenvalue weighted by Crippen LogP contribution is -2.18. The van der Waals surface area contributed by atoms with Crippen molar-refractivity contribution in [1.82, 2.24) is 15.3 Å². The molecule has 2 heterocycles. The molecule has 0 bridgehead atoms. The maximum Gasteiger partial charge on any atom is 0.166 e. The minimum atomic E-state index is -1.85. The van der Waals surface area contributed by atoms with Crippen LogP contribution in [0.5, 0.6) is 0 Å². The second-order valence-corrected chi connectivity index (χ2v) is 7.45. The van der Waals surface area contributed by atoms with E-state index in [-0.39, 0.29) is 0 Å². The molecule has 0 aliphatic rings. The van der Waals surface area contributed by atoms with Crippen LogP contribution in [0.2, 0.25) is 0 Å². The Balaban J connectivity index is 1.90. The van der Waals surface area contributed by atoms with Crippen LogP contribution in [0.15, 0.2) is 60.9 Å². The van der Waals surface area contributed by atoms with Crippen LogP contribution in [-0.4, -0.2) is 32.5 Å². The van der Waals surface area contributed by atoms with Gasteiger partial charge in [-0.1, -0.05) is 37.3 Å². The van der Waals surface area contributed by atoms with Gasteiger partial charge in [-0.2, -0.15) is 0 Å². The molecule has 3 N–H and O–H groups in total. The molecule has 6 heteroatoms. The van der Waals surface area contributed by atoms with Crippen molar-refractivity contribution >= 4 is 8.38 Å². The predicted octanol–water partition coefficient (Wildman–Crippen LogP) is 3.76. The van der Waals surface area contributed by atoms with Gasteiger partial charge in [-0.15, -0.1) is 0 Å². The molecular weight excluding hydrogens is 357 g/mol. The first kappa shape index (κ1) is 19.6. The van der Waals surface area contributed by atoms with E-state index in [2.05, 4.69) is 47.6 Å². The molecule has 3 aromatic rings. The zero-order valence-corrected chi connectivity index (χ0v) is 16.2. The highest BCUT2D eigenvalue weighted by Crippen LogP contribution is 2.31. The quantitative estimate of drug-likeness (QED) is 0.409. The topological polar surface area (TPSA) is 78.3 Å². The van der Waals surface area contributed by atoms with Gasteiger partial charge in [-0.05, 0) is 35.7 Å². The van der Waals surface area contributed by atoms with E-state index in [1.165, 1.54) is 5.56 Å². The summed E-state index contributed by atoms with van der Waals surface area (Å²) < 4.78 is 0. The molecule has 0 amide bonds. The highest BCUT2D eigenvalue weighted by atomic mass is 31.2. The van der Waals surface area contributed by atoms with Crippen molar-refractivity contribution in [2.45, 2.75) is 19.9 Å². The predicted molar refractivity (Wildman–Crippen MR) is 110 cm³/mol. The first-order valence-electron chi connectivity index (χ1n) is 9.03. The van der Waals surface area contributed by atoms with E-state index in [4.69, 9.17) is 14.8 Å². The van der Waals surface area contributed by atoms with Gasteiger partial charge in [0.05, 0.1) is 11.4 Å². The molecule has 0 saturated heterocycles. The minimum Gasteiger partial charge on any atom is -0.350 e. The standard InChI is InChI=1S/C21H24N3O2P/c1-2-16-3-5-17(6-4-16)20-8-7-19(15-23-13-14-27(25)26)24-21(20)18-9-11-22-12-10-18/h3-12,23,25-26H,2,13-15H2,1H3. The third kappa shape index (κ3) is 5.41. The number of nitrogens with one attached hydrogen (secondary N) is 1. The summed E-state index contributed by atoms with van der Waals surface area (Å²) in [5.74, 6) is 0. The Morgan fingerprint density at radius 1 is 0.926 bits per heavy atom. The zero-order valence-electron chi connectivity index (χ0n) is 15.3. The number of hydrogen-bond acceptors (Lipinski definition) is 5. The fourth-order valence-corrected chi connectivity index (χ4v) is 3.23. The smallest absolute Gasteiger partial charge is 0.166 e. The summed E-state index contributed by atoms with van der Waals surface area (Å²) in [5.41, 5.74) is 6.39. The lowest BCUT2D eigenvalue weighted by atomic mass is 9.98. The molecule has 140 valence electrons. The van der Waals surface area contributed by atoms with Gasteiger partial charge in [0.25, 0.3) is 0 Å². The number of benzene rings is 1. The van der Waals surface area contributed by atoms with Crippen LogP contribution >= 0.6 is 8.38 Å². The first-order chi connectivity index (χ1) is 13.2. The third-order valence-electron chi connectivity index (χ3n) is 4.37. The Morgan fingerprint density at radius 2 is 1.67 bits per heavy atom. The Bertz CT molecular complexity index is 855. The van der Waals surface area contributed by atoms with Crippen LogP contribution in [0, 0.1) is 0 Å². The first-order valence-corrected chi connectivity index (χ1v) is 10.5. The average molecular weight is 381 g/mol. The highest BCUT2D eigenvalue weighted by molar-refractivity contribution is 7.45. The summed E-state index contributed by atoms with van der Waals surface area (Å²) in [6.45, 7) is 3.28. The van der Waals surface area contributed by atoms with E-state index >= 15 is 0 Å². The Morgan fingerprint density at radius 3 is 2.33 bits per heavy atom. The number of nitrogens with zero attached hydrogens (tertiary/aromatic N) is 2. The van der Waals surface area contributed by atoms with Gasteiger partial charge < -0.3 is 15.1 Å². The molecule has 0 unspecified atom stereocenters. The second kappa shape index (κ2) is 9.67. The number of aromatic nitrogens is 2. The summed E-state index contributed by atoms with van der Waals surface area (Å²) in [7, 11) is -1.85. The highest BCUT2D eigenvalue weighted by Gasteiger charge is 2.11. The Hall–Kier alpha value is -2.17. The maximum absolute atomic E-state index is 9.00. The summed E-state index contributed by atoms with van der Waals surface area (Å²) >= 11 is 0. The van der Waals surface area contributed by atoms with Crippen molar-refractivity contribution in [2.24, 2.45) is 0 Å². The molecule has 3 rings (SSSR count). The van der Waals surface area contributed by atoms with E-state index in [0.717, 1.165) is 34.5 Å². The van der Waals surface area contributed by atoms with E-state index < -0.39 is 8.38 Å². The van der Waals surface area contributed by atoms with Crippen molar-refractivity contribution in [2.75, 3.05) is 12.7 Å². The lowest BCUT2D eigenvalue weighted by Gasteiger charge is -2.13. The largest absolute Gasteiger partial charge is 0.350 e. The van der Waals surface area contributed by atoms with E-state index in [9.17, 15) is 0 Å². The van der Waals surface area contributed by atoms with Gasteiger partial charge in [0.1, 0.15) is 0 Å². The Labute approximate surface area is 161 Å². The van der Waals surface area contributed by atoms with E-state index in [1.807, 2.05) is 18.2 Å². The molecular formula is C21H24N3O2P. The molecule has 0 saturated carbocycles. The number of pyridine rings is 2. The zero-order chi connectivity index (χ0) is 19.1. The van der Waals surface area contributed by atoms with Crippen LogP contribution in [0.25, 0.3) is 22.4 Å². The van der Waals surface area contributed by atoms with Gasteiger partial charge in [-0.25, -0.2) is 0 Å². The van der Waals surface area contributed by atoms with Gasteiger partial charge in [0.15, 0.2) is 8.38 Å². The minimum absolute atomic E-state index is 0.356. The van der Waals surface area contributed by atoms with Crippen LogP contribution in [0.1, 0.15) is 18.2 Å². The molecule has 2 aromatic heterocycles. The fourth-order valence-electron chi connectivity index (χ4n) is 2.88. The maximum atomic E-state index is 9.00. The van der Waals surface area contributed by atoms with E-state index in [0.29, 0.717) is 19.3 Å². The van der Waals surface area contributed by atoms with Crippen LogP contribution in [0.4, 0.5) is 0 Å². The number of hydrogen-bond donors (Lipinski definition) is 3. The molecule has 1 aromatic carbocycles. The molecule has 0 atom stereocenters. The van der Waals surface area contributed by atoms with Crippen molar-refractivity contribution in [3.8, 4) is 22.4 Å². The molecule has 0 aliphatic carbocycles. The van der Waals surface area contributed by atoms with Crippen LogP contribution in [-0.2, 0) is 13.0 Å². The normalized spacial score (nSPS) is 11.1. The van der Waals surface area contributed by atoms with Gasteiger partial charge in [0.2, 0.25) is 0 Å². The summed E-state index contributed by atoms with van der Waals surface area (Å²) in [6.07, 6.45) is 4.92. The van der Waals surface area contributed by atoms with Gasteiger partial charge >= 0.3 is 0 Å². The SMILES string of the molecule is CCc1ccc(-c2ccc(CNCCP(O)O)nc2-c2ccncc2)cc1. The van der Waals surface area contributed by atoms with Crippen molar-refractivity contribution in [3.05, 3.63) is 72.2 Å². The van der Waals surface area contributed by atoms with E-state index in [1.54, 1.807) is 12.4 Å². The van der Waals surface area contributed by atoms with Crippen LogP contribution < -0.4 is 5.32 Å². The molecule has 0 aliphatic heterocycles. The molecule has 0 fully saturated rings. The Kier molecular flexibility index (Phi) is 7.02. The number of aryl methyl sites for hydroxylation is 1. The monoisotopic (exact) mass is 381 g/mol. The fraction of sp³-hybridized carbons (Fsp3) is 0.238. The van der Waals surface area contributed by atoms with Crippen LogP contribution in [0.3, 0.4) is 0 Å². The second-order valence-electron chi connectivity index (χ2n) is 6.26. The molecule has 0 spiro atoms. The molecule has 0 radical (unpaired) electrons. The molecule has 27 heavy (non-hydrogen) atoms. The van der Waals surface area contributed by atoms with Gasteiger partial charge in [-0.3, -0.25) is 9.97 Å². The lowest BCUT2D eigenvalue weighted by molar-refractivity contribution is 0.479. The average Bonchev–Trinajstić information content (AvgIpc) is 2.72. The summed E-state index contributed by atoms with van der Waals surface area (Å²) in [4.78, 5) is 27.0.